The number of aromatic nitrogens is 4. The Morgan fingerprint density at radius 1 is 1.00 bits per heavy atom. The number of carbonyl (C=O) groups excluding carboxylic acids is 1. The van der Waals surface area contributed by atoms with Crippen LogP contribution in [0.4, 0.5) is 4.39 Å². The molecule has 9 nitrogen and oxygen atoms in total. The molecule has 0 N–H and O–H groups in total. The first-order valence-electron chi connectivity index (χ1n) is 12.0. The summed E-state index contributed by atoms with van der Waals surface area (Å²) in [4.78, 5) is 19.1. The summed E-state index contributed by atoms with van der Waals surface area (Å²) in [6.45, 7) is 2.25. The van der Waals surface area contributed by atoms with Crippen molar-refractivity contribution in [1.82, 2.24) is 24.6 Å². The molecule has 2 saturated heterocycles. The summed E-state index contributed by atoms with van der Waals surface area (Å²) in [5.74, 6) is 0.0632. The van der Waals surface area contributed by atoms with Gasteiger partial charge in [-0.2, -0.15) is 0 Å². The number of nitrogens with zero attached hydrogens (tertiary/aromatic N) is 5. The number of amides is 1. The molecule has 2 aromatic carbocycles. The number of thioether (sulfide) groups is 1. The number of benzene rings is 2. The van der Waals surface area contributed by atoms with Gasteiger partial charge in [0.25, 0.3) is 5.91 Å². The second-order valence-electron chi connectivity index (χ2n) is 8.77. The van der Waals surface area contributed by atoms with Crippen molar-refractivity contribution in [2.75, 3.05) is 26.3 Å². The molecule has 6 rings (SSSR count). The van der Waals surface area contributed by atoms with Crippen molar-refractivity contribution in [1.29, 1.82) is 0 Å². The molecule has 1 spiro atoms. The van der Waals surface area contributed by atoms with E-state index in [1.165, 1.54) is 24.1 Å². The van der Waals surface area contributed by atoms with Gasteiger partial charge in [0.1, 0.15) is 12.1 Å². The molecule has 0 bridgehead atoms. The molecule has 2 aliphatic rings. The molecule has 37 heavy (non-hydrogen) atoms. The molecule has 0 saturated carbocycles. The third kappa shape index (κ3) is 4.77. The van der Waals surface area contributed by atoms with Crippen LogP contribution in [-0.2, 0) is 15.2 Å². The second kappa shape index (κ2) is 10.1. The Kier molecular flexibility index (Phi) is 6.49. The quantitative estimate of drug-likeness (QED) is 0.346. The number of piperidine rings is 1. The SMILES string of the molecule is O=C(c1coc(CSc2nnc(-c3ccccc3)n2-c2ccccc2F)n1)N1CCC2(CC1)OCCO2. The Morgan fingerprint density at radius 2 is 1.73 bits per heavy atom. The van der Waals surface area contributed by atoms with Crippen molar-refractivity contribution in [2.45, 2.75) is 29.5 Å². The fourth-order valence-electron chi connectivity index (χ4n) is 4.59. The normalized spacial score (nSPS) is 16.9. The maximum Gasteiger partial charge on any atom is 0.275 e. The van der Waals surface area contributed by atoms with E-state index in [9.17, 15) is 9.18 Å². The monoisotopic (exact) mass is 521 g/mol. The van der Waals surface area contributed by atoms with Crippen LogP contribution in [0.25, 0.3) is 17.1 Å². The maximum atomic E-state index is 14.8. The molecular formula is C26H24FN5O4S. The Labute approximate surface area is 216 Å². The summed E-state index contributed by atoms with van der Waals surface area (Å²) in [6.07, 6.45) is 2.64. The van der Waals surface area contributed by atoms with Crippen LogP contribution in [0.15, 0.2) is 70.4 Å². The van der Waals surface area contributed by atoms with Gasteiger partial charge in [0.05, 0.1) is 24.7 Å². The zero-order valence-electron chi connectivity index (χ0n) is 19.9. The van der Waals surface area contributed by atoms with Crippen molar-refractivity contribution < 1.29 is 23.1 Å². The fraction of sp³-hybridized carbons (Fsp3) is 0.308. The smallest absolute Gasteiger partial charge is 0.275 e. The zero-order chi connectivity index (χ0) is 25.2. The van der Waals surface area contributed by atoms with Crippen molar-refractivity contribution in [2.24, 2.45) is 0 Å². The molecule has 1 amide bonds. The molecule has 0 atom stereocenters. The van der Waals surface area contributed by atoms with Gasteiger partial charge in [0.2, 0.25) is 5.89 Å². The molecular weight excluding hydrogens is 497 g/mol. The summed E-state index contributed by atoms with van der Waals surface area (Å²) >= 11 is 1.30. The number of ether oxygens (including phenoxy) is 2. The van der Waals surface area contributed by atoms with Crippen LogP contribution in [0, 0.1) is 5.82 Å². The van der Waals surface area contributed by atoms with Crippen molar-refractivity contribution in [3.63, 3.8) is 0 Å². The second-order valence-corrected chi connectivity index (χ2v) is 9.72. The van der Waals surface area contributed by atoms with Gasteiger partial charge in [-0.1, -0.05) is 54.2 Å². The van der Waals surface area contributed by atoms with Crippen LogP contribution < -0.4 is 0 Å². The van der Waals surface area contributed by atoms with E-state index < -0.39 is 5.79 Å². The number of oxazole rings is 1. The predicted molar refractivity (Wildman–Crippen MR) is 133 cm³/mol. The molecule has 11 heteroatoms. The minimum atomic E-state index is -0.546. The van der Waals surface area contributed by atoms with E-state index in [-0.39, 0.29) is 17.4 Å². The van der Waals surface area contributed by atoms with Gasteiger partial charge in [-0.05, 0) is 12.1 Å². The lowest BCUT2D eigenvalue weighted by Gasteiger charge is -2.37. The molecule has 190 valence electrons. The molecule has 4 heterocycles. The average Bonchev–Trinajstić information content (AvgIpc) is 3.69. The predicted octanol–water partition coefficient (Wildman–Crippen LogP) is 4.33. The van der Waals surface area contributed by atoms with Gasteiger partial charge < -0.3 is 18.8 Å². The fourth-order valence-corrected chi connectivity index (χ4v) is 5.39. The molecule has 2 aliphatic heterocycles. The van der Waals surface area contributed by atoms with Crippen LogP contribution in [0.3, 0.4) is 0 Å². The van der Waals surface area contributed by atoms with Gasteiger partial charge >= 0.3 is 0 Å². The van der Waals surface area contributed by atoms with Gasteiger partial charge in [-0.3, -0.25) is 9.36 Å². The highest BCUT2D eigenvalue weighted by molar-refractivity contribution is 7.98. The first kappa shape index (κ1) is 23.8. The zero-order valence-corrected chi connectivity index (χ0v) is 20.7. The highest BCUT2D eigenvalue weighted by atomic mass is 32.2. The van der Waals surface area contributed by atoms with Crippen LogP contribution >= 0.6 is 11.8 Å². The van der Waals surface area contributed by atoms with E-state index in [0.29, 0.717) is 67.5 Å². The van der Waals surface area contributed by atoms with Crippen LogP contribution in [0.5, 0.6) is 0 Å². The highest BCUT2D eigenvalue weighted by Crippen LogP contribution is 2.33. The number of carbonyl (C=O) groups is 1. The summed E-state index contributed by atoms with van der Waals surface area (Å²) in [5, 5.41) is 9.13. The minimum absolute atomic E-state index is 0.186. The first-order chi connectivity index (χ1) is 18.1. The van der Waals surface area contributed by atoms with Crippen molar-refractivity contribution in [3.8, 4) is 17.1 Å². The van der Waals surface area contributed by atoms with Crippen LogP contribution in [0.2, 0.25) is 0 Å². The standard InChI is InChI=1S/C26H24FN5O4S/c27-19-8-4-5-9-21(19)32-23(18-6-2-1-3-7-18)29-30-25(32)37-17-22-28-20(16-34-22)24(33)31-12-10-26(11-13-31)35-14-15-36-26/h1-9,16H,10-15,17H2. The summed E-state index contributed by atoms with van der Waals surface area (Å²) in [7, 11) is 0. The molecule has 0 unspecified atom stereocenters. The number of para-hydroxylation sites is 1. The average molecular weight is 522 g/mol. The number of rotatable bonds is 6. The minimum Gasteiger partial charge on any atom is -0.447 e. The maximum absolute atomic E-state index is 14.8. The molecule has 0 radical (unpaired) electrons. The Bertz CT molecular complexity index is 1390. The molecule has 4 aromatic rings. The van der Waals surface area contributed by atoms with E-state index >= 15 is 0 Å². The summed E-state index contributed by atoms with van der Waals surface area (Å²) in [6, 6.07) is 16.0. The third-order valence-electron chi connectivity index (χ3n) is 6.48. The number of likely N-dealkylation sites (tertiary alicyclic amines) is 1. The summed E-state index contributed by atoms with van der Waals surface area (Å²) < 4.78 is 33.5. The van der Waals surface area contributed by atoms with Gasteiger partial charge in [0.15, 0.2) is 22.5 Å². The Morgan fingerprint density at radius 3 is 2.49 bits per heavy atom. The topological polar surface area (TPSA) is 95.5 Å². The van der Waals surface area contributed by atoms with E-state index in [4.69, 9.17) is 13.9 Å². The van der Waals surface area contributed by atoms with Gasteiger partial charge in [0, 0.05) is 31.5 Å². The lowest BCUT2D eigenvalue weighted by molar-refractivity contribution is -0.181. The largest absolute Gasteiger partial charge is 0.447 e. The van der Waals surface area contributed by atoms with Crippen molar-refractivity contribution >= 4 is 17.7 Å². The van der Waals surface area contributed by atoms with Crippen LogP contribution in [-0.4, -0.2) is 62.6 Å². The number of halogens is 1. The van der Waals surface area contributed by atoms with E-state index in [1.807, 2.05) is 30.3 Å². The first-order valence-corrected chi connectivity index (χ1v) is 13.0. The summed E-state index contributed by atoms with van der Waals surface area (Å²) in [5.41, 5.74) is 1.40. The molecule has 2 aromatic heterocycles. The Hall–Kier alpha value is -3.54. The lowest BCUT2D eigenvalue weighted by atomic mass is 10.0. The number of hydrogen-bond acceptors (Lipinski definition) is 8. The van der Waals surface area contributed by atoms with Gasteiger partial charge in [-0.15, -0.1) is 10.2 Å². The lowest BCUT2D eigenvalue weighted by Crippen LogP contribution is -2.47. The van der Waals surface area contributed by atoms with Crippen LogP contribution in [0.1, 0.15) is 29.2 Å². The third-order valence-corrected chi connectivity index (χ3v) is 7.39. The van der Waals surface area contributed by atoms with E-state index in [1.54, 1.807) is 27.7 Å². The Balaban J connectivity index is 1.18. The molecule has 2 fully saturated rings. The van der Waals surface area contributed by atoms with E-state index in [0.717, 1.165) is 5.56 Å². The highest BCUT2D eigenvalue weighted by Gasteiger charge is 2.41. The number of hydrogen-bond donors (Lipinski definition) is 0. The van der Waals surface area contributed by atoms with Crippen molar-refractivity contribution in [3.05, 3.63) is 78.3 Å². The van der Waals surface area contributed by atoms with Gasteiger partial charge in [-0.25, -0.2) is 9.37 Å². The van der Waals surface area contributed by atoms with E-state index in [2.05, 4.69) is 15.2 Å². The molecule has 0 aliphatic carbocycles.